The average Bonchev–Trinajstić information content (AvgIpc) is 2.86. The monoisotopic (exact) mass is 353 g/mol. The molecule has 2 amide bonds. The molecule has 0 aliphatic carbocycles. The van der Waals surface area contributed by atoms with Gasteiger partial charge in [-0.05, 0) is 54.4 Å². The fourth-order valence-electron chi connectivity index (χ4n) is 2.50. The van der Waals surface area contributed by atoms with Gasteiger partial charge in [-0.25, -0.2) is 0 Å². The van der Waals surface area contributed by atoms with Crippen LogP contribution in [0.15, 0.2) is 53.4 Å². The number of amides is 2. The normalized spacial score (nSPS) is 15.9. The zero-order valence-corrected chi connectivity index (χ0v) is 15.0. The molecule has 0 spiro atoms. The molecule has 1 aliphatic rings. The van der Waals surface area contributed by atoms with Gasteiger partial charge in [0.1, 0.15) is 12.4 Å². The molecule has 1 aliphatic heterocycles. The molecule has 0 aromatic heterocycles. The van der Waals surface area contributed by atoms with Crippen LogP contribution in [0, 0.1) is 13.8 Å². The van der Waals surface area contributed by atoms with Gasteiger partial charge < -0.3 is 4.74 Å². The summed E-state index contributed by atoms with van der Waals surface area (Å²) in [5.41, 5.74) is 3.04. The van der Waals surface area contributed by atoms with Crippen molar-refractivity contribution in [3.8, 4) is 5.75 Å². The Morgan fingerprint density at radius 3 is 2.60 bits per heavy atom. The lowest BCUT2D eigenvalue weighted by atomic mass is 10.1. The third-order valence-electron chi connectivity index (χ3n) is 3.89. The van der Waals surface area contributed by atoms with Crippen LogP contribution in [0.2, 0.25) is 0 Å². The van der Waals surface area contributed by atoms with E-state index in [2.05, 4.69) is 0 Å². The van der Waals surface area contributed by atoms with E-state index in [-0.39, 0.29) is 24.3 Å². The SMILES string of the molecule is Cc1ccc(C)c(OCCN2C(=O)S/C(=C\c3ccccc3)C2=O)c1. The molecule has 2 aromatic carbocycles. The van der Waals surface area contributed by atoms with E-state index in [0.29, 0.717) is 4.91 Å². The number of hydrogen-bond acceptors (Lipinski definition) is 4. The van der Waals surface area contributed by atoms with Crippen molar-refractivity contribution in [2.75, 3.05) is 13.2 Å². The maximum Gasteiger partial charge on any atom is 0.293 e. The first-order valence-electron chi connectivity index (χ1n) is 8.05. The third-order valence-corrected chi connectivity index (χ3v) is 4.79. The van der Waals surface area contributed by atoms with Crippen molar-refractivity contribution >= 4 is 29.0 Å². The van der Waals surface area contributed by atoms with Gasteiger partial charge in [0.2, 0.25) is 0 Å². The number of hydrogen-bond donors (Lipinski definition) is 0. The van der Waals surface area contributed by atoms with Crippen molar-refractivity contribution in [1.82, 2.24) is 4.90 Å². The summed E-state index contributed by atoms with van der Waals surface area (Å²) in [4.78, 5) is 26.3. The number of benzene rings is 2. The number of aryl methyl sites for hydroxylation is 2. The predicted octanol–water partition coefficient (Wildman–Crippen LogP) is 4.42. The van der Waals surface area contributed by atoms with Gasteiger partial charge in [0.05, 0.1) is 11.4 Å². The average molecular weight is 353 g/mol. The molecule has 0 saturated carbocycles. The fourth-order valence-corrected chi connectivity index (χ4v) is 3.37. The largest absolute Gasteiger partial charge is 0.491 e. The minimum atomic E-state index is -0.261. The highest BCUT2D eigenvalue weighted by Gasteiger charge is 2.34. The third kappa shape index (κ3) is 4.12. The molecule has 0 unspecified atom stereocenters. The second-order valence-corrected chi connectivity index (χ2v) is 6.85. The molecule has 5 heteroatoms. The summed E-state index contributed by atoms with van der Waals surface area (Å²) in [7, 11) is 0. The maximum atomic E-state index is 12.4. The van der Waals surface area contributed by atoms with E-state index in [0.717, 1.165) is 34.2 Å². The summed E-state index contributed by atoms with van der Waals surface area (Å²) >= 11 is 0.971. The Morgan fingerprint density at radius 1 is 1.08 bits per heavy atom. The molecule has 0 bridgehead atoms. The van der Waals surface area contributed by atoms with Gasteiger partial charge in [0.15, 0.2) is 0 Å². The molecular formula is C20H19NO3S. The number of nitrogens with zero attached hydrogens (tertiary/aromatic N) is 1. The molecule has 1 saturated heterocycles. The van der Waals surface area contributed by atoms with Crippen LogP contribution in [0.1, 0.15) is 16.7 Å². The number of carbonyl (C=O) groups is 2. The summed E-state index contributed by atoms with van der Waals surface area (Å²) in [6.07, 6.45) is 1.75. The lowest BCUT2D eigenvalue weighted by molar-refractivity contribution is -0.123. The van der Waals surface area contributed by atoms with Crippen LogP contribution in [-0.2, 0) is 4.79 Å². The van der Waals surface area contributed by atoms with E-state index in [4.69, 9.17) is 4.74 Å². The van der Waals surface area contributed by atoms with E-state index in [9.17, 15) is 9.59 Å². The van der Waals surface area contributed by atoms with Crippen LogP contribution in [0.25, 0.3) is 6.08 Å². The summed E-state index contributed by atoms with van der Waals surface area (Å²) in [5, 5.41) is -0.253. The van der Waals surface area contributed by atoms with Crippen molar-refractivity contribution in [3.05, 3.63) is 70.1 Å². The molecule has 0 atom stereocenters. The Hall–Kier alpha value is -2.53. The van der Waals surface area contributed by atoms with Crippen LogP contribution < -0.4 is 4.74 Å². The van der Waals surface area contributed by atoms with E-state index in [1.54, 1.807) is 6.08 Å². The molecular weight excluding hydrogens is 334 g/mol. The second kappa shape index (κ2) is 7.57. The van der Waals surface area contributed by atoms with Gasteiger partial charge in [-0.2, -0.15) is 0 Å². The van der Waals surface area contributed by atoms with Crippen molar-refractivity contribution in [3.63, 3.8) is 0 Å². The van der Waals surface area contributed by atoms with Crippen LogP contribution in [0.5, 0.6) is 5.75 Å². The molecule has 0 N–H and O–H groups in total. The van der Waals surface area contributed by atoms with Crippen LogP contribution >= 0.6 is 11.8 Å². The number of rotatable bonds is 5. The van der Waals surface area contributed by atoms with Gasteiger partial charge in [-0.1, -0.05) is 42.5 Å². The van der Waals surface area contributed by atoms with Crippen molar-refractivity contribution < 1.29 is 14.3 Å². The van der Waals surface area contributed by atoms with Crippen molar-refractivity contribution in [2.24, 2.45) is 0 Å². The zero-order valence-electron chi connectivity index (χ0n) is 14.2. The number of thioether (sulfide) groups is 1. The van der Waals surface area contributed by atoms with Gasteiger partial charge in [0.25, 0.3) is 11.1 Å². The zero-order chi connectivity index (χ0) is 17.8. The smallest absolute Gasteiger partial charge is 0.293 e. The highest BCUT2D eigenvalue weighted by molar-refractivity contribution is 8.18. The highest BCUT2D eigenvalue weighted by Crippen LogP contribution is 2.32. The maximum absolute atomic E-state index is 12.4. The first kappa shape index (κ1) is 17.3. The molecule has 128 valence electrons. The minimum absolute atomic E-state index is 0.240. The molecule has 1 heterocycles. The first-order valence-corrected chi connectivity index (χ1v) is 8.87. The van der Waals surface area contributed by atoms with Crippen LogP contribution in [0.4, 0.5) is 4.79 Å². The number of ether oxygens (including phenoxy) is 1. The highest BCUT2D eigenvalue weighted by atomic mass is 32.2. The van der Waals surface area contributed by atoms with E-state index < -0.39 is 0 Å². The van der Waals surface area contributed by atoms with Crippen LogP contribution in [-0.4, -0.2) is 29.2 Å². The van der Waals surface area contributed by atoms with Crippen LogP contribution in [0.3, 0.4) is 0 Å². The minimum Gasteiger partial charge on any atom is -0.491 e. The summed E-state index contributed by atoms with van der Waals surface area (Å²) in [5.74, 6) is 0.523. The van der Waals surface area contributed by atoms with Gasteiger partial charge in [0, 0.05) is 0 Å². The molecule has 1 fully saturated rings. The lowest BCUT2D eigenvalue weighted by Crippen LogP contribution is -2.32. The quantitative estimate of drug-likeness (QED) is 0.747. The van der Waals surface area contributed by atoms with E-state index in [1.807, 2.05) is 62.4 Å². The Morgan fingerprint density at radius 2 is 1.84 bits per heavy atom. The molecule has 25 heavy (non-hydrogen) atoms. The number of imide groups is 1. The van der Waals surface area contributed by atoms with E-state index in [1.165, 1.54) is 4.90 Å². The molecule has 4 nitrogen and oxygen atoms in total. The predicted molar refractivity (Wildman–Crippen MR) is 101 cm³/mol. The van der Waals surface area contributed by atoms with Crippen molar-refractivity contribution in [2.45, 2.75) is 13.8 Å². The summed E-state index contributed by atoms with van der Waals surface area (Å²) < 4.78 is 5.75. The Bertz CT molecular complexity index is 830. The fraction of sp³-hybridized carbons (Fsp3) is 0.200. The standard InChI is InChI=1S/C20H19NO3S/c1-14-8-9-15(2)17(12-14)24-11-10-21-19(22)18(25-20(21)23)13-16-6-4-3-5-7-16/h3-9,12-13H,10-11H2,1-2H3/b18-13-. The Balaban J connectivity index is 1.63. The molecule has 0 radical (unpaired) electrons. The van der Waals surface area contributed by atoms with Gasteiger partial charge in [-0.15, -0.1) is 0 Å². The lowest BCUT2D eigenvalue weighted by Gasteiger charge is -2.14. The molecule has 2 aromatic rings. The van der Waals surface area contributed by atoms with Gasteiger partial charge in [-0.3, -0.25) is 14.5 Å². The summed E-state index contributed by atoms with van der Waals surface area (Å²) in [6.45, 7) is 4.49. The Kier molecular flexibility index (Phi) is 5.24. The summed E-state index contributed by atoms with van der Waals surface area (Å²) in [6, 6.07) is 15.5. The van der Waals surface area contributed by atoms with E-state index >= 15 is 0 Å². The topological polar surface area (TPSA) is 46.6 Å². The number of carbonyl (C=O) groups excluding carboxylic acids is 2. The van der Waals surface area contributed by atoms with Crippen molar-refractivity contribution in [1.29, 1.82) is 0 Å². The van der Waals surface area contributed by atoms with Gasteiger partial charge >= 0.3 is 0 Å². The first-order chi connectivity index (χ1) is 12.0. The molecule has 3 rings (SSSR count). The second-order valence-electron chi connectivity index (χ2n) is 5.86. The Labute approximate surface area is 151 Å².